The second-order valence-corrected chi connectivity index (χ2v) is 5.69. The van der Waals surface area contributed by atoms with Crippen LogP contribution in [-0.4, -0.2) is 45.2 Å². The molecule has 116 valence electrons. The third kappa shape index (κ3) is 5.19. The summed E-state index contributed by atoms with van der Waals surface area (Å²) in [6.45, 7) is 5.05. The SMILES string of the molecule is NC(=O)CNCCCc1ccc(Cl)cc1N1CCNCC1. The van der Waals surface area contributed by atoms with Gasteiger partial charge in [0.25, 0.3) is 0 Å². The molecule has 0 aromatic heterocycles. The van der Waals surface area contributed by atoms with Crippen LogP contribution in [-0.2, 0) is 11.2 Å². The lowest BCUT2D eigenvalue weighted by Crippen LogP contribution is -2.43. The molecule has 21 heavy (non-hydrogen) atoms. The van der Waals surface area contributed by atoms with Gasteiger partial charge < -0.3 is 21.3 Å². The van der Waals surface area contributed by atoms with Crippen LogP contribution in [0.4, 0.5) is 5.69 Å². The van der Waals surface area contributed by atoms with Crippen molar-refractivity contribution in [3.63, 3.8) is 0 Å². The standard InChI is InChI=1S/C15H23ClN4O/c16-13-4-3-12(2-1-5-19-11-15(17)21)14(10-13)20-8-6-18-7-9-20/h3-4,10,18-19H,1-2,5-9,11H2,(H2,17,21). The number of nitrogens with one attached hydrogen (secondary N) is 2. The lowest BCUT2D eigenvalue weighted by Gasteiger charge is -2.31. The van der Waals surface area contributed by atoms with Crippen molar-refractivity contribution in [3.8, 4) is 0 Å². The average molecular weight is 311 g/mol. The average Bonchev–Trinajstić information content (AvgIpc) is 2.49. The zero-order chi connectivity index (χ0) is 15.1. The summed E-state index contributed by atoms with van der Waals surface area (Å²) in [6.07, 6.45) is 1.93. The Labute approximate surface area is 130 Å². The quantitative estimate of drug-likeness (QED) is 0.650. The molecule has 0 atom stereocenters. The van der Waals surface area contributed by atoms with Crippen molar-refractivity contribution in [2.45, 2.75) is 12.8 Å². The molecule has 0 radical (unpaired) electrons. The van der Waals surface area contributed by atoms with Crippen LogP contribution in [0.2, 0.25) is 5.02 Å². The number of piperazine rings is 1. The number of halogens is 1. The van der Waals surface area contributed by atoms with Crippen LogP contribution in [0, 0.1) is 0 Å². The lowest BCUT2D eigenvalue weighted by atomic mass is 10.1. The molecule has 0 aliphatic carbocycles. The topological polar surface area (TPSA) is 70.4 Å². The van der Waals surface area contributed by atoms with Gasteiger partial charge in [-0.15, -0.1) is 0 Å². The third-order valence-electron chi connectivity index (χ3n) is 3.60. The molecule has 1 aromatic carbocycles. The third-order valence-corrected chi connectivity index (χ3v) is 3.84. The van der Waals surface area contributed by atoms with Gasteiger partial charge in [-0.05, 0) is 37.1 Å². The summed E-state index contributed by atoms with van der Waals surface area (Å²) in [6, 6.07) is 6.10. The molecular weight excluding hydrogens is 288 g/mol. The van der Waals surface area contributed by atoms with Gasteiger partial charge in [-0.3, -0.25) is 4.79 Å². The maximum Gasteiger partial charge on any atom is 0.231 e. The van der Waals surface area contributed by atoms with Gasteiger partial charge in [0, 0.05) is 36.9 Å². The van der Waals surface area contributed by atoms with Gasteiger partial charge in [-0.2, -0.15) is 0 Å². The van der Waals surface area contributed by atoms with E-state index in [9.17, 15) is 4.79 Å². The minimum absolute atomic E-state index is 0.241. The second-order valence-electron chi connectivity index (χ2n) is 5.26. The number of nitrogens with zero attached hydrogens (tertiary/aromatic N) is 1. The number of rotatable bonds is 7. The fourth-order valence-corrected chi connectivity index (χ4v) is 2.73. The number of hydrogen-bond donors (Lipinski definition) is 3. The number of carbonyl (C=O) groups excluding carboxylic acids is 1. The number of anilines is 1. The summed E-state index contributed by atoms with van der Waals surface area (Å²) in [5, 5.41) is 7.18. The number of benzene rings is 1. The predicted molar refractivity (Wildman–Crippen MR) is 86.9 cm³/mol. The Morgan fingerprint density at radius 2 is 2.14 bits per heavy atom. The van der Waals surface area contributed by atoms with Gasteiger partial charge in [0.1, 0.15) is 0 Å². The molecule has 1 aromatic rings. The van der Waals surface area contributed by atoms with E-state index in [1.165, 1.54) is 11.3 Å². The van der Waals surface area contributed by atoms with E-state index in [-0.39, 0.29) is 12.5 Å². The van der Waals surface area contributed by atoms with Gasteiger partial charge in [-0.1, -0.05) is 17.7 Å². The van der Waals surface area contributed by atoms with Gasteiger partial charge in [0.2, 0.25) is 5.91 Å². The van der Waals surface area contributed by atoms with Crippen molar-refractivity contribution in [1.29, 1.82) is 0 Å². The van der Waals surface area contributed by atoms with Crippen molar-refractivity contribution in [2.24, 2.45) is 5.73 Å². The molecule has 0 unspecified atom stereocenters. The molecule has 0 saturated carbocycles. The summed E-state index contributed by atoms with van der Waals surface area (Å²) >= 11 is 6.15. The maximum absolute atomic E-state index is 10.7. The predicted octanol–water partition coefficient (Wildman–Crippen LogP) is 0.757. The molecule has 6 heteroatoms. The second kappa shape index (κ2) is 8.22. The number of hydrogen-bond acceptors (Lipinski definition) is 4. The first-order chi connectivity index (χ1) is 10.2. The van der Waals surface area contributed by atoms with Crippen LogP contribution in [0.1, 0.15) is 12.0 Å². The molecular formula is C15H23ClN4O. The normalized spacial score (nSPS) is 15.2. The minimum atomic E-state index is -0.317. The van der Waals surface area contributed by atoms with E-state index in [4.69, 9.17) is 17.3 Å². The smallest absolute Gasteiger partial charge is 0.231 e. The summed E-state index contributed by atoms with van der Waals surface area (Å²) in [5.74, 6) is -0.317. The van der Waals surface area contributed by atoms with E-state index < -0.39 is 0 Å². The Bertz CT molecular complexity index is 475. The molecule has 1 aliphatic rings. The highest BCUT2D eigenvalue weighted by molar-refractivity contribution is 6.30. The molecule has 1 saturated heterocycles. The Balaban J connectivity index is 1.93. The zero-order valence-corrected chi connectivity index (χ0v) is 13.0. The number of amides is 1. The first-order valence-electron chi connectivity index (χ1n) is 7.40. The number of primary amides is 1. The fourth-order valence-electron chi connectivity index (χ4n) is 2.56. The molecule has 0 bridgehead atoms. The van der Waals surface area contributed by atoms with Crippen LogP contribution in [0.5, 0.6) is 0 Å². The zero-order valence-electron chi connectivity index (χ0n) is 12.2. The number of nitrogens with two attached hydrogens (primary N) is 1. The number of aryl methyl sites for hydroxylation is 1. The molecule has 4 N–H and O–H groups in total. The Hall–Kier alpha value is -1.30. The molecule has 1 fully saturated rings. The molecule has 5 nitrogen and oxygen atoms in total. The van der Waals surface area contributed by atoms with Crippen LogP contribution in [0.25, 0.3) is 0 Å². The summed E-state index contributed by atoms with van der Waals surface area (Å²) in [5.41, 5.74) is 7.64. The molecule has 1 aliphatic heterocycles. The van der Waals surface area contributed by atoms with Gasteiger partial charge >= 0.3 is 0 Å². The molecule has 2 rings (SSSR count). The highest BCUT2D eigenvalue weighted by Crippen LogP contribution is 2.26. The van der Waals surface area contributed by atoms with E-state index in [2.05, 4.69) is 27.7 Å². The molecule has 0 spiro atoms. The Morgan fingerprint density at radius 3 is 2.86 bits per heavy atom. The summed E-state index contributed by atoms with van der Waals surface area (Å²) in [4.78, 5) is 13.0. The highest BCUT2D eigenvalue weighted by Gasteiger charge is 2.14. The van der Waals surface area contributed by atoms with Crippen LogP contribution < -0.4 is 21.3 Å². The first kappa shape index (κ1) is 16.1. The van der Waals surface area contributed by atoms with Gasteiger partial charge in [0.15, 0.2) is 0 Å². The minimum Gasteiger partial charge on any atom is -0.369 e. The van der Waals surface area contributed by atoms with E-state index in [1.807, 2.05) is 6.07 Å². The van der Waals surface area contributed by atoms with E-state index >= 15 is 0 Å². The van der Waals surface area contributed by atoms with E-state index in [1.54, 1.807) is 0 Å². The largest absolute Gasteiger partial charge is 0.369 e. The lowest BCUT2D eigenvalue weighted by molar-refractivity contribution is -0.117. The van der Waals surface area contributed by atoms with E-state index in [0.29, 0.717) is 0 Å². The molecule has 1 heterocycles. The van der Waals surface area contributed by atoms with Crippen LogP contribution in [0.3, 0.4) is 0 Å². The Kier molecular flexibility index (Phi) is 6.29. The van der Waals surface area contributed by atoms with Crippen molar-refractivity contribution in [1.82, 2.24) is 10.6 Å². The maximum atomic E-state index is 10.7. The highest BCUT2D eigenvalue weighted by atomic mass is 35.5. The van der Waals surface area contributed by atoms with Crippen molar-refractivity contribution < 1.29 is 4.79 Å². The molecule has 1 amide bonds. The summed E-state index contributed by atoms with van der Waals surface area (Å²) < 4.78 is 0. The van der Waals surface area contributed by atoms with Crippen molar-refractivity contribution >= 4 is 23.2 Å². The van der Waals surface area contributed by atoms with Crippen LogP contribution in [0.15, 0.2) is 18.2 Å². The summed E-state index contributed by atoms with van der Waals surface area (Å²) in [7, 11) is 0. The van der Waals surface area contributed by atoms with Gasteiger partial charge in [0.05, 0.1) is 6.54 Å². The van der Waals surface area contributed by atoms with Crippen molar-refractivity contribution in [3.05, 3.63) is 28.8 Å². The Morgan fingerprint density at radius 1 is 1.38 bits per heavy atom. The number of carbonyl (C=O) groups is 1. The van der Waals surface area contributed by atoms with Crippen LogP contribution >= 0.6 is 11.6 Å². The first-order valence-corrected chi connectivity index (χ1v) is 7.78. The van der Waals surface area contributed by atoms with Gasteiger partial charge in [-0.25, -0.2) is 0 Å². The van der Waals surface area contributed by atoms with Crippen molar-refractivity contribution in [2.75, 3.05) is 44.2 Å². The van der Waals surface area contributed by atoms with E-state index in [0.717, 1.165) is 50.6 Å². The fraction of sp³-hybridized carbons (Fsp3) is 0.533. The monoisotopic (exact) mass is 310 g/mol.